The predicted octanol–water partition coefficient (Wildman–Crippen LogP) is 7.32. The first-order valence-corrected chi connectivity index (χ1v) is 9.75. The molecular formula is C25H34. The molecule has 0 N–H and O–H groups in total. The fraction of sp³-hybridized carbons (Fsp3) is 0.520. The molecule has 0 aliphatic heterocycles. The third-order valence-corrected chi connectivity index (χ3v) is 6.20. The summed E-state index contributed by atoms with van der Waals surface area (Å²) in [5, 5.41) is 0. The van der Waals surface area contributed by atoms with E-state index < -0.39 is 0 Å². The fourth-order valence-corrected chi connectivity index (χ4v) is 4.08. The zero-order valence-electron chi connectivity index (χ0n) is 17.1. The molecule has 1 aromatic carbocycles. The molecule has 0 heterocycles. The van der Waals surface area contributed by atoms with E-state index in [0.29, 0.717) is 5.41 Å². The summed E-state index contributed by atoms with van der Waals surface area (Å²) in [5.74, 6) is 7.04. The predicted molar refractivity (Wildman–Crippen MR) is 111 cm³/mol. The number of hydrogen-bond donors (Lipinski definition) is 0. The Morgan fingerprint density at radius 1 is 1.28 bits per heavy atom. The van der Waals surface area contributed by atoms with Crippen molar-refractivity contribution in [1.82, 2.24) is 0 Å². The Kier molecular flexibility index (Phi) is 6.34. The van der Waals surface area contributed by atoms with Crippen molar-refractivity contribution in [3.8, 4) is 11.8 Å². The van der Waals surface area contributed by atoms with E-state index in [-0.39, 0.29) is 0 Å². The molecule has 1 fully saturated rings. The quantitative estimate of drug-likeness (QED) is 0.399. The van der Waals surface area contributed by atoms with E-state index in [1.807, 2.05) is 6.92 Å². The molecule has 0 nitrogen and oxygen atoms in total. The number of allylic oxidation sites excluding steroid dienone is 3. The molecule has 0 saturated heterocycles. The summed E-state index contributed by atoms with van der Waals surface area (Å²) in [6.45, 7) is 17.9. The molecule has 0 unspecified atom stereocenters. The van der Waals surface area contributed by atoms with E-state index in [4.69, 9.17) is 0 Å². The molecule has 134 valence electrons. The third-order valence-electron chi connectivity index (χ3n) is 6.20. The Labute approximate surface area is 155 Å². The van der Waals surface area contributed by atoms with Crippen LogP contribution >= 0.6 is 0 Å². The molecule has 1 aromatic rings. The molecular weight excluding hydrogens is 300 g/mol. The molecule has 0 radical (unpaired) electrons. The lowest BCUT2D eigenvalue weighted by Gasteiger charge is -2.39. The molecule has 25 heavy (non-hydrogen) atoms. The van der Waals surface area contributed by atoms with Crippen molar-refractivity contribution >= 4 is 5.57 Å². The molecule has 0 bridgehead atoms. The lowest BCUT2D eigenvalue weighted by atomic mass is 9.66. The van der Waals surface area contributed by atoms with Crippen molar-refractivity contribution in [3.63, 3.8) is 0 Å². The van der Waals surface area contributed by atoms with Crippen LogP contribution in [0.25, 0.3) is 5.57 Å². The highest BCUT2D eigenvalue weighted by Gasteiger charge is 2.33. The van der Waals surface area contributed by atoms with Crippen LogP contribution in [0.1, 0.15) is 83.4 Å². The number of aryl methyl sites for hydroxylation is 1. The van der Waals surface area contributed by atoms with Gasteiger partial charge >= 0.3 is 0 Å². The monoisotopic (exact) mass is 334 g/mol. The van der Waals surface area contributed by atoms with Gasteiger partial charge in [-0.1, -0.05) is 44.9 Å². The van der Waals surface area contributed by atoms with E-state index >= 15 is 0 Å². The highest BCUT2D eigenvalue weighted by Crippen LogP contribution is 2.47. The van der Waals surface area contributed by atoms with Crippen molar-refractivity contribution in [2.75, 3.05) is 0 Å². The molecule has 1 saturated carbocycles. The Hall–Kier alpha value is -1.74. The number of benzene rings is 1. The normalized spacial score (nSPS) is 24.2. The second-order valence-corrected chi connectivity index (χ2v) is 8.10. The van der Waals surface area contributed by atoms with Crippen molar-refractivity contribution in [1.29, 1.82) is 0 Å². The van der Waals surface area contributed by atoms with E-state index in [1.54, 1.807) is 0 Å². The van der Waals surface area contributed by atoms with Gasteiger partial charge in [-0.05, 0) is 98.6 Å². The van der Waals surface area contributed by atoms with Gasteiger partial charge in [0.25, 0.3) is 0 Å². The SMILES string of the molecule is C=C(CC)/C(=C(/C)C1(C)CCC(C)CC1)c1ccc(C#CC)cc1C. The Morgan fingerprint density at radius 3 is 2.44 bits per heavy atom. The average molecular weight is 335 g/mol. The van der Waals surface area contributed by atoms with Crippen LogP contribution in [0.5, 0.6) is 0 Å². The summed E-state index contributed by atoms with van der Waals surface area (Å²) >= 11 is 0. The van der Waals surface area contributed by atoms with Crippen molar-refractivity contribution < 1.29 is 0 Å². The van der Waals surface area contributed by atoms with Crippen molar-refractivity contribution in [3.05, 3.63) is 52.6 Å². The maximum Gasteiger partial charge on any atom is 0.0248 e. The summed E-state index contributed by atoms with van der Waals surface area (Å²) in [4.78, 5) is 0. The maximum absolute atomic E-state index is 4.43. The van der Waals surface area contributed by atoms with Crippen LogP contribution in [0, 0.1) is 30.1 Å². The first-order valence-electron chi connectivity index (χ1n) is 9.75. The van der Waals surface area contributed by atoms with Crippen LogP contribution in [0.3, 0.4) is 0 Å². The third kappa shape index (κ3) is 4.27. The van der Waals surface area contributed by atoms with Crippen LogP contribution in [0.15, 0.2) is 35.9 Å². The maximum atomic E-state index is 4.43. The molecule has 1 aliphatic carbocycles. The largest absolute Gasteiger partial charge is 0.101 e. The standard InChI is InChI=1S/C25H34/c1-8-10-22-11-12-23(20(5)17-22)24(19(4)9-2)21(6)25(7)15-13-18(3)14-16-25/h11-12,17-18H,4,9,13-16H2,1-3,5-7H3/b24-21+. The van der Waals surface area contributed by atoms with Crippen LogP contribution in [-0.4, -0.2) is 0 Å². The minimum atomic E-state index is 0.300. The van der Waals surface area contributed by atoms with E-state index in [1.165, 1.54) is 53.5 Å². The average Bonchev–Trinajstić information content (AvgIpc) is 2.59. The second-order valence-electron chi connectivity index (χ2n) is 8.10. The van der Waals surface area contributed by atoms with Gasteiger partial charge in [-0.15, -0.1) is 5.92 Å². The zero-order valence-corrected chi connectivity index (χ0v) is 17.1. The van der Waals surface area contributed by atoms with Crippen molar-refractivity contribution in [2.45, 2.75) is 73.6 Å². The first-order chi connectivity index (χ1) is 11.8. The molecule has 2 rings (SSSR count). The smallest absolute Gasteiger partial charge is 0.0248 e. The van der Waals surface area contributed by atoms with Crippen LogP contribution in [0.2, 0.25) is 0 Å². The van der Waals surface area contributed by atoms with Gasteiger partial charge in [0.2, 0.25) is 0 Å². The molecule has 0 heteroatoms. The molecule has 0 spiro atoms. The summed E-state index contributed by atoms with van der Waals surface area (Å²) in [5.41, 5.74) is 8.23. The van der Waals surface area contributed by atoms with Gasteiger partial charge in [0.15, 0.2) is 0 Å². The topological polar surface area (TPSA) is 0 Å². The van der Waals surface area contributed by atoms with E-state index in [0.717, 1.165) is 17.9 Å². The van der Waals surface area contributed by atoms with Gasteiger partial charge < -0.3 is 0 Å². The van der Waals surface area contributed by atoms with Gasteiger partial charge in [0.1, 0.15) is 0 Å². The van der Waals surface area contributed by atoms with Gasteiger partial charge in [-0.25, -0.2) is 0 Å². The van der Waals surface area contributed by atoms with Gasteiger partial charge in [-0.2, -0.15) is 0 Å². The number of hydrogen-bond acceptors (Lipinski definition) is 0. The van der Waals surface area contributed by atoms with Crippen molar-refractivity contribution in [2.24, 2.45) is 11.3 Å². The van der Waals surface area contributed by atoms with Gasteiger partial charge in [-0.3, -0.25) is 0 Å². The molecule has 0 amide bonds. The minimum absolute atomic E-state index is 0.300. The lowest BCUT2D eigenvalue weighted by molar-refractivity contribution is 0.220. The summed E-state index contributed by atoms with van der Waals surface area (Å²) in [6.07, 6.45) is 6.25. The lowest BCUT2D eigenvalue weighted by Crippen LogP contribution is -2.25. The minimum Gasteiger partial charge on any atom is -0.101 e. The highest BCUT2D eigenvalue weighted by atomic mass is 14.4. The molecule has 0 atom stereocenters. The molecule has 1 aliphatic rings. The Morgan fingerprint density at radius 2 is 1.92 bits per heavy atom. The van der Waals surface area contributed by atoms with Crippen LogP contribution in [0.4, 0.5) is 0 Å². The van der Waals surface area contributed by atoms with E-state index in [2.05, 4.69) is 71.2 Å². The zero-order chi connectivity index (χ0) is 18.6. The molecule has 0 aromatic heterocycles. The van der Waals surface area contributed by atoms with Gasteiger partial charge in [0.05, 0.1) is 0 Å². The Bertz CT molecular complexity index is 725. The second kappa shape index (κ2) is 8.09. The Balaban J connectivity index is 2.56. The van der Waals surface area contributed by atoms with Gasteiger partial charge in [0, 0.05) is 5.56 Å². The summed E-state index contributed by atoms with van der Waals surface area (Å²) < 4.78 is 0. The number of rotatable bonds is 4. The summed E-state index contributed by atoms with van der Waals surface area (Å²) in [7, 11) is 0. The highest BCUT2D eigenvalue weighted by molar-refractivity contribution is 5.83. The summed E-state index contributed by atoms with van der Waals surface area (Å²) in [6, 6.07) is 6.62. The fourth-order valence-electron chi connectivity index (χ4n) is 4.08. The van der Waals surface area contributed by atoms with Crippen LogP contribution < -0.4 is 0 Å². The van der Waals surface area contributed by atoms with Crippen LogP contribution in [-0.2, 0) is 0 Å². The first kappa shape index (κ1) is 19.6. The van der Waals surface area contributed by atoms with E-state index in [9.17, 15) is 0 Å².